The van der Waals surface area contributed by atoms with Crippen LogP contribution in [0.15, 0.2) is 72.1 Å². The molecule has 0 radical (unpaired) electrons. The van der Waals surface area contributed by atoms with Crippen LogP contribution in [0.5, 0.6) is 0 Å². The minimum atomic E-state index is -2.86. The Kier molecular flexibility index (Phi) is 9.38. The molecule has 4 aromatic rings. The molecular formula is C36H37ClF3N7O3. The molecule has 0 bridgehead atoms. The molecule has 2 aliphatic rings. The molecule has 2 aromatic heterocycles. The van der Waals surface area contributed by atoms with Crippen molar-refractivity contribution in [1.82, 2.24) is 25.0 Å². The van der Waals surface area contributed by atoms with Crippen molar-refractivity contribution in [3.63, 3.8) is 0 Å². The van der Waals surface area contributed by atoms with E-state index in [1.807, 2.05) is 39.8 Å². The number of alkyl halides is 2. The van der Waals surface area contributed by atoms with Crippen molar-refractivity contribution in [3.8, 4) is 22.4 Å². The number of hydrogen-bond acceptors (Lipinski definition) is 7. The molecule has 10 nitrogen and oxygen atoms in total. The minimum absolute atomic E-state index is 0.0327. The first-order chi connectivity index (χ1) is 23.7. The molecular weight excluding hydrogens is 671 g/mol. The Morgan fingerprint density at radius 3 is 2.56 bits per heavy atom. The lowest BCUT2D eigenvalue weighted by molar-refractivity contribution is -0.135. The van der Waals surface area contributed by atoms with E-state index in [0.717, 1.165) is 30.7 Å². The third-order valence-corrected chi connectivity index (χ3v) is 9.01. The number of alkyl carbamates (subject to hydrolysis) is 1. The highest BCUT2D eigenvalue weighted by molar-refractivity contribution is 6.33. The molecule has 262 valence electrons. The van der Waals surface area contributed by atoms with Crippen molar-refractivity contribution in [3.05, 3.63) is 94.7 Å². The molecule has 2 atom stereocenters. The van der Waals surface area contributed by atoms with E-state index in [0.29, 0.717) is 26.5 Å². The van der Waals surface area contributed by atoms with Crippen LogP contribution in [-0.2, 0) is 15.1 Å². The lowest BCUT2D eigenvalue weighted by Gasteiger charge is -2.35. The van der Waals surface area contributed by atoms with E-state index >= 15 is 4.39 Å². The Bertz CT molecular complexity index is 1970. The first-order valence-electron chi connectivity index (χ1n) is 16.1. The molecule has 0 saturated heterocycles. The summed E-state index contributed by atoms with van der Waals surface area (Å²) < 4.78 is 48.8. The molecule has 0 spiro atoms. The third kappa shape index (κ3) is 7.05. The number of nitrogens with one attached hydrogen (secondary N) is 1. The van der Waals surface area contributed by atoms with Gasteiger partial charge in [0.2, 0.25) is 0 Å². The molecule has 3 heterocycles. The minimum Gasteiger partial charge on any atom is -0.447 e. The summed E-state index contributed by atoms with van der Waals surface area (Å²) in [6.45, 7) is 4.42. The number of guanidine groups is 1. The van der Waals surface area contributed by atoms with Gasteiger partial charge in [0.1, 0.15) is 12.4 Å². The first-order valence-corrected chi connectivity index (χ1v) is 16.5. The van der Waals surface area contributed by atoms with E-state index < -0.39 is 41.4 Å². The Labute approximate surface area is 292 Å². The highest BCUT2D eigenvalue weighted by atomic mass is 35.5. The summed E-state index contributed by atoms with van der Waals surface area (Å²) >= 11 is 6.66. The number of ether oxygens (including phenoxy) is 1. The predicted octanol–water partition coefficient (Wildman–Crippen LogP) is 7.53. The molecule has 1 unspecified atom stereocenters. The maximum Gasteiger partial charge on any atom is 0.407 e. The van der Waals surface area contributed by atoms with E-state index in [-0.39, 0.29) is 41.7 Å². The van der Waals surface area contributed by atoms with Crippen molar-refractivity contribution < 1.29 is 27.5 Å². The number of carbonyl (C=O) groups excluding carboxylic acids is 2. The second-order valence-electron chi connectivity index (χ2n) is 13.9. The fourth-order valence-electron chi connectivity index (χ4n) is 6.29. The topological polar surface area (TPSA) is 128 Å². The quantitative estimate of drug-likeness (QED) is 0.176. The number of carbonyl (C=O) groups is 2. The predicted molar refractivity (Wildman–Crippen MR) is 183 cm³/mol. The van der Waals surface area contributed by atoms with E-state index in [1.165, 1.54) is 23.2 Å². The van der Waals surface area contributed by atoms with Gasteiger partial charge < -0.3 is 15.8 Å². The van der Waals surface area contributed by atoms with Crippen LogP contribution in [0.1, 0.15) is 69.3 Å². The van der Waals surface area contributed by atoms with Crippen LogP contribution in [0.25, 0.3) is 22.4 Å². The zero-order valence-electron chi connectivity index (χ0n) is 28.0. The number of nitrogens with zero attached hydrogens (tertiary/aromatic N) is 5. The largest absolute Gasteiger partial charge is 0.447 e. The van der Waals surface area contributed by atoms with Crippen molar-refractivity contribution in [2.24, 2.45) is 16.1 Å². The lowest BCUT2D eigenvalue weighted by atomic mass is 9.75. The van der Waals surface area contributed by atoms with Gasteiger partial charge in [-0.2, -0.15) is 13.9 Å². The fourth-order valence-corrected chi connectivity index (χ4v) is 6.50. The SMILES string of the molecule is Cc1cccnc1-c1cc(C(COC(=O)NC2CC2)N2C(=O)[C@@](CC(C)(C)C)(c3ccc(-c4cnn(C(F)F)c4)cc3F)N=C2N)ccc1Cl. The van der Waals surface area contributed by atoms with Gasteiger partial charge in [-0.25, -0.2) is 18.9 Å². The molecule has 2 aromatic carbocycles. The van der Waals surface area contributed by atoms with Crippen molar-refractivity contribution in [2.45, 2.75) is 71.1 Å². The average Bonchev–Trinajstić information content (AvgIpc) is 3.64. The monoisotopic (exact) mass is 707 g/mol. The molecule has 50 heavy (non-hydrogen) atoms. The third-order valence-electron chi connectivity index (χ3n) is 8.68. The van der Waals surface area contributed by atoms with Gasteiger partial charge in [-0.15, -0.1) is 0 Å². The molecule has 1 saturated carbocycles. The molecule has 3 N–H and O–H groups in total. The maximum atomic E-state index is 16.3. The molecule has 14 heteroatoms. The zero-order chi connectivity index (χ0) is 36.0. The van der Waals surface area contributed by atoms with Crippen LogP contribution in [0, 0.1) is 18.2 Å². The molecule has 1 aliphatic carbocycles. The number of nitrogens with two attached hydrogens (primary N) is 1. The van der Waals surface area contributed by atoms with Crippen LogP contribution in [0.3, 0.4) is 0 Å². The average molecular weight is 708 g/mol. The van der Waals surface area contributed by atoms with Gasteiger partial charge in [0.25, 0.3) is 5.91 Å². The van der Waals surface area contributed by atoms with Crippen LogP contribution in [0.4, 0.5) is 18.0 Å². The standard InChI is InChI=1S/C36H37ClF3N7O3/c1-20-6-5-13-42-30(20)25-14-22(8-12-27(25)37)29(18-50-34(49)44-24-9-10-24)47-31(48)36(45-33(47)41,19-35(2,3)4)26-11-7-21(15-28(26)38)23-16-43-46(17-23)32(39)40/h5-8,11-17,24,29,32H,9-10,18-19H2,1-4H3,(H2,41,45)(H,44,49)/t29?,36-/m1/s1. The number of benzene rings is 2. The normalized spacial score (nSPS) is 18.4. The number of pyridine rings is 1. The number of aliphatic imine (C=N–C) groups is 1. The molecule has 1 fully saturated rings. The van der Waals surface area contributed by atoms with E-state index in [4.69, 9.17) is 27.1 Å². The van der Waals surface area contributed by atoms with Gasteiger partial charge in [-0.05, 0) is 72.6 Å². The molecule has 1 aliphatic heterocycles. The highest BCUT2D eigenvalue weighted by Gasteiger charge is 2.54. The fraction of sp³-hybridized carbons (Fsp3) is 0.361. The van der Waals surface area contributed by atoms with Crippen molar-refractivity contribution in [1.29, 1.82) is 0 Å². The molecule has 2 amide bonds. The van der Waals surface area contributed by atoms with Gasteiger partial charge in [0, 0.05) is 40.1 Å². The van der Waals surface area contributed by atoms with Crippen LogP contribution < -0.4 is 11.1 Å². The summed E-state index contributed by atoms with van der Waals surface area (Å²) in [4.78, 5) is 38.1. The van der Waals surface area contributed by atoms with E-state index in [2.05, 4.69) is 15.4 Å². The number of hydrogen-bond donors (Lipinski definition) is 2. The van der Waals surface area contributed by atoms with Gasteiger partial charge in [-0.3, -0.25) is 14.7 Å². The number of aromatic nitrogens is 3. The van der Waals surface area contributed by atoms with Crippen LogP contribution in [0.2, 0.25) is 5.02 Å². The summed E-state index contributed by atoms with van der Waals surface area (Å²) in [5, 5.41) is 6.84. The number of rotatable bonds is 10. The van der Waals surface area contributed by atoms with Crippen molar-refractivity contribution >= 4 is 29.6 Å². The zero-order valence-corrected chi connectivity index (χ0v) is 28.7. The number of amides is 2. The smallest absolute Gasteiger partial charge is 0.407 e. The summed E-state index contributed by atoms with van der Waals surface area (Å²) in [5.74, 6) is -1.59. The van der Waals surface area contributed by atoms with Gasteiger partial charge >= 0.3 is 12.6 Å². The maximum absolute atomic E-state index is 16.3. The Morgan fingerprint density at radius 2 is 1.92 bits per heavy atom. The van der Waals surface area contributed by atoms with E-state index in [9.17, 15) is 18.4 Å². The lowest BCUT2D eigenvalue weighted by Crippen LogP contribution is -2.48. The Hall–Kier alpha value is -4.91. The van der Waals surface area contributed by atoms with E-state index in [1.54, 1.807) is 24.4 Å². The van der Waals surface area contributed by atoms with Gasteiger partial charge in [-0.1, -0.05) is 56.6 Å². The first kappa shape index (κ1) is 34.9. The van der Waals surface area contributed by atoms with Crippen LogP contribution in [-0.4, -0.2) is 50.3 Å². The number of aryl methyl sites for hydroxylation is 1. The van der Waals surface area contributed by atoms with Crippen molar-refractivity contribution in [2.75, 3.05) is 6.61 Å². The van der Waals surface area contributed by atoms with Gasteiger partial charge in [0.05, 0.1) is 17.9 Å². The summed E-state index contributed by atoms with van der Waals surface area (Å²) in [5.41, 5.74) is 7.36. The Balaban J connectivity index is 1.43. The second kappa shape index (κ2) is 13.4. The summed E-state index contributed by atoms with van der Waals surface area (Å²) in [6.07, 6.45) is 5.08. The van der Waals surface area contributed by atoms with Crippen LogP contribution >= 0.6 is 11.6 Å². The number of halogens is 4. The second-order valence-corrected chi connectivity index (χ2v) is 14.3. The van der Waals surface area contributed by atoms with Gasteiger partial charge in [0.15, 0.2) is 11.5 Å². The summed E-state index contributed by atoms with van der Waals surface area (Å²) in [7, 11) is 0. The highest BCUT2D eigenvalue weighted by Crippen LogP contribution is 2.46. The molecule has 6 rings (SSSR count). The Morgan fingerprint density at radius 1 is 1.16 bits per heavy atom. The summed E-state index contributed by atoms with van der Waals surface area (Å²) in [6, 6.07) is 12.0.